The fourth-order valence-corrected chi connectivity index (χ4v) is 3.97. The van der Waals surface area contributed by atoms with Crippen LogP contribution in [0.15, 0.2) is 18.2 Å². The SMILES string of the molecule is CC(=S)NC[C@H]1CN(c2ccc(N3CCC(C(C#N)C(N)=O)CC3)c(F)c2)C(=O)O1. The first-order valence-electron chi connectivity index (χ1n) is 9.76. The average Bonchev–Trinajstić information content (AvgIpc) is 3.08. The van der Waals surface area contributed by atoms with Gasteiger partial charge in [-0.2, -0.15) is 5.26 Å². The first kappa shape index (κ1) is 21.8. The van der Waals surface area contributed by atoms with Gasteiger partial charge in [0.2, 0.25) is 5.91 Å². The molecule has 2 aliphatic rings. The number of carbonyl (C=O) groups is 2. The van der Waals surface area contributed by atoms with Gasteiger partial charge in [0.1, 0.15) is 17.8 Å². The number of nitrogens with two attached hydrogens (primary N) is 1. The van der Waals surface area contributed by atoms with Gasteiger partial charge in [0.05, 0.1) is 35.5 Å². The number of piperidine rings is 1. The van der Waals surface area contributed by atoms with Gasteiger partial charge in [-0.3, -0.25) is 9.69 Å². The second kappa shape index (κ2) is 9.26. The van der Waals surface area contributed by atoms with E-state index >= 15 is 0 Å². The first-order valence-corrected chi connectivity index (χ1v) is 10.2. The number of ether oxygens (including phenoxy) is 1. The van der Waals surface area contributed by atoms with Crippen LogP contribution >= 0.6 is 12.2 Å². The Hall–Kier alpha value is -2.93. The largest absolute Gasteiger partial charge is 0.442 e. The minimum Gasteiger partial charge on any atom is -0.442 e. The number of thiocarbonyl (C=S) groups is 1. The number of hydrogen-bond acceptors (Lipinski definition) is 6. The van der Waals surface area contributed by atoms with E-state index in [9.17, 15) is 14.0 Å². The molecule has 3 rings (SSSR count). The van der Waals surface area contributed by atoms with Crippen molar-refractivity contribution in [3.05, 3.63) is 24.0 Å². The topological polar surface area (TPSA) is 112 Å². The molecule has 2 saturated heterocycles. The average molecular weight is 434 g/mol. The van der Waals surface area contributed by atoms with Gasteiger partial charge in [-0.25, -0.2) is 9.18 Å². The van der Waals surface area contributed by atoms with Crippen LogP contribution in [0, 0.1) is 29.0 Å². The van der Waals surface area contributed by atoms with E-state index in [1.54, 1.807) is 19.1 Å². The lowest BCUT2D eigenvalue weighted by atomic mass is 9.84. The van der Waals surface area contributed by atoms with Crippen molar-refractivity contribution < 1.29 is 18.7 Å². The van der Waals surface area contributed by atoms with Crippen LogP contribution in [0.1, 0.15) is 19.8 Å². The lowest BCUT2D eigenvalue weighted by molar-refractivity contribution is -0.121. The Bertz CT molecular complexity index is 882. The van der Waals surface area contributed by atoms with Crippen molar-refractivity contribution >= 4 is 40.6 Å². The van der Waals surface area contributed by atoms with E-state index in [2.05, 4.69) is 5.32 Å². The number of nitrogens with zero attached hydrogens (tertiary/aromatic N) is 3. The number of primary amides is 1. The molecule has 0 radical (unpaired) electrons. The van der Waals surface area contributed by atoms with Crippen molar-refractivity contribution in [2.45, 2.75) is 25.9 Å². The van der Waals surface area contributed by atoms with Gasteiger partial charge in [0.25, 0.3) is 0 Å². The van der Waals surface area contributed by atoms with Crippen molar-refractivity contribution in [3.8, 4) is 6.07 Å². The van der Waals surface area contributed by atoms with E-state index in [0.717, 1.165) is 0 Å². The molecular formula is C20H24FN5O3S. The molecule has 2 atom stereocenters. The third-order valence-corrected chi connectivity index (χ3v) is 5.64. The van der Waals surface area contributed by atoms with E-state index in [1.807, 2.05) is 11.0 Å². The van der Waals surface area contributed by atoms with Gasteiger partial charge in [-0.05, 0) is 43.9 Å². The summed E-state index contributed by atoms with van der Waals surface area (Å²) in [5.41, 5.74) is 6.14. The van der Waals surface area contributed by atoms with Crippen molar-refractivity contribution in [3.63, 3.8) is 0 Å². The molecule has 1 aromatic carbocycles. The zero-order valence-corrected chi connectivity index (χ0v) is 17.5. The molecule has 0 aromatic heterocycles. The Morgan fingerprint density at radius 1 is 1.47 bits per heavy atom. The molecular weight excluding hydrogens is 409 g/mol. The standard InChI is InChI=1S/C20H24FN5O3S/c1-12(30)24-10-15-11-26(20(28)29-15)14-2-3-18(17(21)8-14)25-6-4-13(5-7-25)16(9-22)19(23)27/h2-3,8,13,15-16H,4-7,10-11H2,1H3,(H2,23,27)(H,24,30)/t15-,16?/m0/s1. The number of nitriles is 1. The Kier molecular flexibility index (Phi) is 6.72. The van der Waals surface area contributed by atoms with Gasteiger partial charge in [0.15, 0.2) is 0 Å². The Labute approximate surface area is 179 Å². The Morgan fingerprint density at radius 3 is 2.73 bits per heavy atom. The molecule has 30 heavy (non-hydrogen) atoms. The molecule has 2 amide bonds. The number of carbonyl (C=O) groups excluding carboxylic acids is 2. The molecule has 2 aliphatic heterocycles. The van der Waals surface area contributed by atoms with Crippen LogP contribution < -0.4 is 20.9 Å². The number of hydrogen-bond donors (Lipinski definition) is 2. The normalized spacial score (nSPS) is 20.4. The zero-order chi connectivity index (χ0) is 21.8. The first-order chi connectivity index (χ1) is 14.3. The minimum atomic E-state index is -0.815. The van der Waals surface area contributed by atoms with Crippen LogP contribution in [-0.4, -0.2) is 49.3 Å². The molecule has 0 aliphatic carbocycles. The van der Waals surface area contributed by atoms with Crippen LogP contribution in [0.2, 0.25) is 0 Å². The number of nitrogens with one attached hydrogen (secondary N) is 1. The maximum atomic E-state index is 14.8. The van der Waals surface area contributed by atoms with Gasteiger partial charge in [0, 0.05) is 13.1 Å². The minimum absolute atomic E-state index is 0.119. The summed E-state index contributed by atoms with van der Waals surface area (Å²) in [6.07, 6.45) is 0.269. The van der Waals surface area contributed by atoms with E-state index in [-0.39, 0.29) is 12.0 Å². The van der Waals surface area contributed by atoms with Gasteiger partial charge in [-0.1, -0.05) is 12.2 Å². The molecule has 10 heteroatoms. The van der Waals surface area contributed by atoms with Gasteiger partial charge >= 0.3 is 6.09 Å². The number of halogens is 1. The molecule has 8 nitrogen and oxygen atoms in total. The summed E-state index contributed by atoms with van der Waals surface area (Å²) in [7, 11) is 0. The second-order valence-electron chi connectivity index (χ2n) is 7.52. The Balaban J connectivity index is 1.64. The summed E-state index contributed by atoms with van der Waals surface area (Å²) in [5, 5.41) is 12.1. The molecule has 1 aromatic rings. The molecule has 0 spiro atoms. The lowest BCUT2D eigenvalue weighted by Gasteiger charge is -2.35. The summed E-state index contributed by atoms with van der Waals surface area (Å²) in [6, 6.07) is 6.62. The molecule has 2 heterocycles. The van der Waals surface area contributed by atoms with Crippen molar-refractivity contribution in [1.82, 2.24) is 5.32 Å². The lowest BCUT2D eigenvalue weighted by Crippen LogP contribution is -2.39. The predicted octanol–water partition coefficient (Wildman–Crippen LogP) is 1.93. The predicted molar refractivity (Wildman–Crippen MR) is 114 cm³/mol. The highest BCUT2D eigenvalue weighted by atomic mass is 32.1. The van der Waals surface area contributed by atoms with Crippen molar-refractivity contribution in [1.29, 1.82) is 5.26 Å². The van der Waals surface area contributed by atoms with Crippen molar-refractivity contribution in [2.24, 2.45) is 17.6 Å². The number of anilines is 2. The van der Waals surface area contributed by atoms with Crippen molar-refractivity contribution in [2.75, 3.05) is 36.0 Å². The molecule has 1 unspecified atom stereocenters. The fraction of sp³-hybridized carbons (Fsp3) is 0.500. The molecule has 3 N–H and O–H groups in total. The zero-order valence-electron chi connectivity index (χ0n) is 16.6. The highest BCUT2D eigenvalue weighted by Crippen LogP contribution is 2.32. The molecule has 0 saturated carbocycles. The summed E-state index contributed by atoms with van der Waals surface area (Å²) in [5.74, 6) is -1.99. The molecule has 2 fully saturated rings. The Morgan fingerprint density at radius 2 is 2.17 bits per heavy atom. The van der Waals surface area contributed by atoms with Gasteiger partial charge in [-0.15, -0.1) is 0 Å². The van der Waals surface area contributed by atoms with E-state index in [4.69, 9.17) is 28.0 Å². The van der Waals surface area contributed by atoms with E-state index in [1.165, 1.54) is 11.0 Å². The van der Waals surface area contributed by atoms with Crippen LogP contribution in [0.5, 0.6) is 0 Å². The quantitative estimate of drug-likeness (QED) is 0.659. The number of cyclic esters (lactones) is 1. The highest BCUT2D eigenvalue weighted by Gasteiger charge is 2.34. The highest BCUT2D eigenvalue weighted by molar-refractivity contribution is 7.80. The summed E-state index contributed by atoms with van der Waals surface area (Å²) in [6.45, 7) is 3.49. The maximum Gasteiger partial charge on any atom is 0.414 e. The molecule has 0 bridgehead atoms. The third kappa shape index (κ3) is 4.79. The van der Waals surface area contributed by atoms with E-state index in [0.29, 0.717) is 55.4 Å². The second-order valence-corrected chi connectivity index (χ2v) is 8.14. The van der Waals surface area contributed by atoms with Gasteiger partial charge < -0.3 is 20.7 Å². The number of benzene rings is 1. The number of amides is 2. The maximum absolute atomic E-state index is 14.8. The van der Waals surface area contributed by atoms with Crippen LogP contribution in [0.3, 0.4) is 0 Å². The van der Waals surface area contributed by atoms with Crippen LogP contribution in [-0.2, 0) is 9.53 Å². The van der Waals surface area contributed by atoms with E-state index < -0.39 is 23.7 Å². The summed E-state index contributed by atoms with van der Waals surface area (Å²) in [4.78, 5) is 27.4. The van der Waals surface area contributed by atoms with Crippen LogP contribution in [0.25, 0.3) is 0 Å². The smallest absolute Gasteiger partial charge is 0.414 e. The molecule has 160 valence electrons. The fourth-order valence-electron chi connectivity index (χ4n) is 3.89. The number of rotatable bonds is 6. The monoisotopic (exact) mass is 433 g/mol. The van der Waals surface area contributed by atoms with Crippen LogP contribution in [0.4, 0.5) is 20.6 Å². The summed E-state index contributed by atoms with van der Waals surface area (Å²) >= 11 is 4.96. The summed E-state index contributed by atoms with van der Waals surface area (Å²) < 4.78 is 20.1. The third-order valence-electron chi connectivity index (χ3n) is 5.49.